The fourth-order valence-corrected chi connectivity index (χ4v) is 2.13. The first-order valence-corrected chi connectivity index (χ1v) is 5.60. The normalized spacial score (nSPS) is 19.3. The van der Waals surface area contributed by atoms with E-state index in [1.807, 2.05) is 35.0 Å². The van der Waals surface area contributed by atoms with Crippen LogP contribution in [0.15, 0.2) is 43.0 Å². The van der Waals surface area contributed by atoms with Crippen LogP contribution in [0.5, 0.6) is 5.75 Å². The number of nitrogens with zero attached hydrogens (tertiary/aromatic N) is 2. The van der Waals surface area contributed by atoms with Gasteiger partial charge in [-0.05, 0) is 12.1 Å². The molecule has 1 aliphatic heterocycles. The predicted molar refractivity (Wildman–Crippen MR) is 62.1 cm³/mol. The Hall–Kier alpha value is -2.10. The minimum Gasteiger partial charge on any atom is -0.493 e. The van der Waals surface area contributed by atoms with E-state index in [9.17, 15) is 4.79 Å². The third-order valence-electron chi connectivity index (χ3n) is 2.99. The zero-order chi connectivity index (χ0) is 11.7. The van der Waals surface area contributed by atoms with Crippen LogP contribution in [0.2, 0.25) is 0 Å². The monoisotopic (exact) mass is 228 g/mol. The average Bonchev–Trinajstić information content (AvgIpc) is 2.83. The number of ether oxygens (including phenoxy) is 1. The Morgan fingerprint density at radius 1 is 1.35 bits per heavy atom. The first-order valence-electron chi connectivity index (χ1n) is 5.60. The van der Waals surface area contributed by atoms with E-state index in [4.69, 9.17) is 4.74 Å². The molecule has 0 spiro atoms. The van der Waals surface area contributed by atoms with Gasteiger partial charge in [-0.15, -0.1) is 0 Å². The van der Waals surface area contributed by atoms with Gasteiger partial charge in [-0.1, -0.05) is 12.1 Å². The number of fused-ring (bicyclic) bond motifs is 1. The summed E-state index contributed by atoms with van der Waals surface area (Å²) in [5, 5.41) is 0. The van der Waals surface area contributed by atoms with Gasteiger partial charge >= 0.3 is 0 Å². The van der Waals surface area contributed by atoms with Gasteiger partial charge in [0.05, 0.1) is 18.5 Å². The highest BCUT2D eigenvalue weighted by molar-refractivity contribution is 6.01. The van der Waals surface area contributed by atoms with Crippen molar-refractivity contribution in [2.24, 2.45) is 0 Å². The molecule has 3 rings (SSSR count). The van der Waals surface area contributed by atoms with E-state index in [-0.39, 0.29) is 11.8 Å². The summed E-state index contributed by atoms with van der Waals surface area (Å²) < 4.78 is 7.43. The van der Waals surface area contributed by atoms with Gasteiger partial charge in [-0.2, -0.15) is 0 Å². The zero-order valence-electron chi connectivity index (χ0n) is 9.24. The van der Waals surface area contributed by atoms with Gasteiger partial charge in [0.15, 0.2) is 5.78 Å². The molecule has 0 radical (unpaired) electrons. The molecule has 0 saturated carbocycles. The van der Waals surface area contributed by atoms with Crippen LogP contribution in [0.4, 0.5) is 0 Å². The second-order valence-corrected chi connectivity index (χ2v) is 4.02. The molecule has 1 aromatic carbocycles. The molecule has 2 heterocycles. The number of Topliss-reactive ketones (excluding diaryl/α,β-unsaturated/α-hetero) is 1. The lowest BCUT2D eigenvalue weighted by atomic mass is 10.0. The number of aromatic nitrogens is 2. The van der Waals surface area contributed by atoms with Crippen molar-refractivity contribution in [2.45, 2.75) is 12.5 Å². The Morgan fingerprint density at radius 2 is 2.24 bits per heavy atom. The SMILES string of the molecule is O=C1c2ccccc2OCCC1n1ccnc1. The van der Waals surface area contributed by atoms with Crippen molar-refractivity contribution in [1.82, 2.24) is 9.55 Å². The summed E-state index contributed by atoms with van der Waals surface area (Å²) in [6, 6.07) is 7.18. The Labute approximate surface area is 98.9 Å². The number of hydrogen-bond acceptors (Lipinski definition) is 3. The number of para-hydroxylation sites is 1. The summed E-state index contributed by atoms with van der Waals surface area (Å²) in [4.78, 5) is 16.4. The third-order valence-corrected chi connectivity index (χ3v) is 2.99. The molecule has 0 aliphatic carbocycles. The number of carbonyl (C=O) groups is 1. The lowest BCUT2D eigenvalue weighted by Gasteiger charge is -2.13. The van der Waals surface area contributed by atoms with E-state index in [2.05, 4.69) is 4.98 Å². The number of imidazole rings is 1. The first-order chi connectivity index (χ1) is 8.36. The molecule has 1 aromatic heterocycles. The van der Waals surface area contributed by atoms with Crippen LogP contribution >= 0.6 is 0 Å². The number of rotatable bonds is 1. The van der Waals surface area contributed by atoms with Crippen LogP contribution in [0.25, 0.3) is 0 Å². The quantitative estimate of drug-likeness (QED) is 0.750. The lowest BCUT2D eigenvalue weighted by molar-refractivity contribution is 0.0921. The summed E-state index contributed by atoms with van der Waals surface area (Å²) in [5.41, 5.74) is 0.656. The van der Waals surface area contributed by atoms with Gasteiger partial charge in [0, 0.05) is 18.8 Å². The van der Waals surface area contributed by atoms with Crippen LogP contribution in [0, 0.1) is 0 Å². The molecule has 4 heteroatoms. The fourth-order valence-electron chi connectivity index (χ4n) is 2.13. The van der Waals surface area contributed by atoms with Gasteiger partial charge in [0.2, 0.25) is 0 Å². The van der Waals surface area contributed by atoms with Crippen LogP contribution < -0.4 is 4.74 Å². The molecular formula is C13H12N2O2. The van der Waals surface area contributed by atoms with Crippen LogP contribution in [0.3, 0.4) is 0 Å². The van der Waals surface area contributed by atoms with E-state index in [0.717, 1.165) is 0 Å². The molecule has 86 valence electrons. The van der Waals surface area contributed by atoms with Crippen molar-refractivity contribution in [3.05, 3.63) is 48.5 Å². The minimum atomic E-state index is -0.207. The maximum atomic E-state index is 12.4. The lowest BCUT2D eigenvalue weighted by Crippen LogP contribution is -2.18. The Morgan fingerprint density at radius 3 is 3.06 bits per heavy atom. The van der Waals surface area contributed by atoms with Crippen molar-refractivity contribution in [3.63, 3.8) is 0 Å². The molecule has 17 heavy (non-hydrogen) atoms. The number of benzene rings is 1. The van der Waals surface area contributed by atoms with Gasteiger partial charge in [-0.25, -0.2) is 4.98 Å². The molecule has 1 aliphatic rings. The smallest absolute Gasteiger partial charge is 0.189 e. The second-order valence-electron chi connectivity index (χ2n) is 4.02. The molecule has 0 amide bonds. The Balaban J connectivity index is 2.03. The molecule has 0 N–H and O–H groups in total. The number of ketones is 1. The summed E-state index contributed by atoms with van der Waals surface area (Å²) >= 11 is 0. The Bertz CT molecular complexity index is 534. The predicted octanol–water partition coefficient (Wildman–Crippen LogP) is 2.09. The largest absolute Gasteiger partial charge is 0.493 e. The van der Waals surface area contributed by atoms with E-state index >= 15 is 0 Å². The first kappa shape index (κ1) is 10.1. The Kier molecular flexibility index (Phi) is 2.40. The summed E-state index contributed by atoms with van der Waals surface area (Å²) in [7, 11) is 0. The topological polar surface area (TPSA) is 44.1 Å². The molecule has 0 bridgehead atoms. The van der Waals surface area contributed by atoms with E-state index in [0.29, 0.717) is 24.3 Å². The van der Waals surface area contributed by atoms with Crippen molar-refractivity contribution in [1.29, 1.82) is 0 Å². The highest BCUT2D eigenvalue weighted by Gasteiger charge is 2.26. The second kappa shape index (κ2) is 4.05. The van der Waals surface area contributed by atoms with E-state index in [1.165, 1.54) is 0 Å². The number of carbonyl (C=O) groups excluding carboxylic acids is 1. The van der Waals surface area contributed by atoms with Gasteiger partial charge in [0.25, 0.3) is 0 Å². The maximum absolute atomic E-state index is 12.4. The molecule has 2 aromatic rings. The average molecular weight is 228 g/mol. The van der Waals surface area contributed by atoms with Crippen molar-refractivity contribution in [2.75, 3.05) is 6.61 Å². The molecule has 0 fully saturated rings. The van der Waals surface area contributed by atoms with E-state index in [1.54, 1.807) is 12.5 Å². The number of hydrogen-bond donors (Lipinski definition) is 0. The molecular weight excluding hydrogens is 216 g/mol. The van der Waals surface area contributed by atoms with Crippen molar-refractivity contribution >= 4 is 5.78 Å². The van der Waals surface area contributed by atoms with E-state index < -0.39 is 0 Å². The fraction of sp³-hybridized carbons (Fsp3) is 0.231. The summed E-state index contributed by atoms with van der Waals surface area (Å²) in [6.07, 6.45) is 5.85. The van der Waals surface area contributed by atoms with Crippen molar-refractivity contribution in [3.8, 4) is 5.75 Å². The van der Waals surface area contributed by atoms with Gasteiger partial charge < -0.3 is 9.30 Å². The van der Waals surface area contributed by atoms with Crippen LogP contribution in [-0.2, 0) is 0 Å². The minimum absolute atomic E-state index is 0.0936. The van der Waals surface area contributed by atoms with Gasteiger partial charge in [-0.3, -0.25) is 4.79 Å². The molecule has 0 saturated heterocycles. The van der Waals surface area contributed by atoms with Gasteiger partial charge in [0.1, 0.15) is 11.8 Å². The highest BCUT2D eigenvalue weighted by Crippen LogP contribution is 2.28. The van der Waals surface area contributed by atoms with Crippen LogP contribution in [0.1, 0.15) is 22.8 Å². The maximum Gasteiger partial charge on any atom is 0.189 e. The third kappa shape index (κ3) is 1.71. The van der Waals surface area contributed by atoms with Crippen molar-refractivity contribution < 1.29 is 9.53 Å². The molecule has 4 nitrogen and oxygen atoms in total. The molecule has 1 atom stereocenters. The highest BCUT2D eigenvalue weighted by atomic mass is 16.5. The standard InChI is InChI=1S/C13H12N2O2/c16-13-10-3-1-2-4-12(10)17-8-5-11(13)15-7-6-14-9-15/h1-4,6-7,9,11H,5,8H2. The summed E-state index contributed by atoms with van der Waals surface area (Å²) in [5.74, 6) is 0.774. The molecule has 1 unspecified atom stereocenters. The zero-order valence-corrected chi connectivity index (χ0v) is 9.24. The summed E-state index contributed by atoms with van der Waals surface area (Å²) in [6.45, 7) is 0.547. The van der Waals surface area contributed by atoms with Crippen LogP contribution in [-0.4, -0.2) is 21.9 Å².